The standard InChI is InChI=1S/C30H32N4O4/c1-5-17-34(26(35)19-33(2)3)23-14-12-22(13-15-23)31-28(20-9-7-6-8-10-20)27-24-16-11-21(30(37)38-4)18-25(24)32-29(27)36/h6-16,18,32,36H,5,17,19H2,1-4H3. The molecule has 0 atom stereocenters. The second-order valence-corrected chi connectivity index (χ2v) is 9.23. The van der Waals surface area contributed by atoms with Crippen molar-refractivity contribution in [3.8, 4) is 5.88 Å². The zero-order valence-electron chi connectivity index (χ0n) is 22.1. The van der Waals surface area contributed by atoms with Crippen LogP contribution in [-0.4, -0.2) is 66.9 Å². The van der Waals surface area contributed by atoms with E-state index in [9.17, 15) is 14.7 Å². The molecule has 1 aromatic heterocycles. The summed E-state index contributed by atoms with van der Waals surface area (Å²) < 4.78 is 4.83. The molecule has 8 heteroatoms. The minimum atomic E-state index is -0.458. The highest BCUT2D eigenvalue weighted by atomic mass is 16.5. The molecule has 0 bridgehead atoms. The van der Waals surface area contributed by atoms with Crippen LogP contribution in [0.15, 0.2) is 77.8 Å². The van der Waals surface area contributed by atoms with Crippen molar-refractivity contribution in [1.29, 1.82) is 0 Å². The Balaban J connectivity index is 1.78. The van der Waals surface area contributed by atoms with Crippen LogP contribution in [0.4, 0.5) is 11.4 Å². The molecule has 4 aromatic rings. The van der Waals surface area contributed by atoms with Crippen LogP contribution in [-0.2, 0) is 9.53 Å². The van der Waals surface area contributed by atoms with Crippen LogP contribution < -0.4 is 4.90 Å². The van der Waals surface area contributed by atoms with Crippen molar-refractivity contribution in [3.05, 3.63) is 89.5 Å². The largest absolute Gasteiger partial charge is 0.494 e. The fraction of sp³-hybridized carbons (Fsp3) is 0.233. The normalized spacial score (nSPS) is 11.7. The van der Waals surface area contributed by atoms with Crippen LogP contribution in [0.5, 0.6) is 5.88 Å². The number of aromatic nitrogens is 1. The number of aliphatic imine (C=N–C) groups is 1. The highest BCUT2D eigenvalue weighted by Crippen LogP contribution is 2.32. The van der Waals surface area contributed by atoms with E-state index in [1.54, 1.807) is 23.1 Å². The number of aromatic hydroxyl groups is 1. The highest BCUT2D eigenvalue weighted by Gasteiger charge is 2.20. The van der Waals surface area contributed by atoms with Crippen LogP contribution in [0, 0.1) is 0 Å². The number of likely N-dealkylation sites (N-methyl/N-ethyl adjacent to an activating group) is 1. The van der Waals surface area contributed by atoms with Gasteiger partial charge in [-0.1, -0.05) is 43.3 Å². The molecule has 8 nitrogen and oxygen atoms in total. The monoisotopic (exact) mass is 512 g/mol. The van der Waals surface area contributed by atoms with Gasteiger partial charge >= 0.3 is 5.97 Å². The lowest BCUT2D eigenvalue weighted by Crippen LogP contribution is -2.38. The van der Waals surface area contributed by atoms with E-state index in [1.165, 1.54) is 7.11 Å². The molecule has 196 valence electrons. The SMILES string of the molecule is CCCN(C(=O)CN(C)C)c1ccc(N=C(c2ccccc2)c2c(O)[nH]c3cc(C(=O)OC)ccc23)cc1. The van der Waals surface area contributed by atoms with Crippen LogP contribution in [0.1, 0.15) is 34.8 Å². The van der Waals surface area contributed by atoms with Gasteiger partial charge in [-0.15, -0.1) is 0 Å². The lowest BCUT2D eigenvalue weighted by atomic mass is 10.00. The molecule has 0 radical (unpaired) electrons. The first-order valence-electron chi connectivity index (χ1n) is 12.4. The number of nitrogens with zero attached hydrogens (tertiary/aromatic N) is 3. The summed E-state index contributed by atoms with van der Waals surface area (Å²) in [4.78, 5) is 36.3. The quantitative estimate of drug-likeness (QED) is 0.239. The Labute approximate surface area is 222 Å². The maximum Gasteiger partial charge on any atom is 0.337 e. The molecule has 0 saturated carbocycles. The number of amides is 1. The number of esters is 1. The molecular weight excluding hydrogens is 480 g/mol. The van der Waals surface area contributed by atoms with Gasteiger partial charge in [0.25, 0.3) is 0 Å². The molecule has 1 heterocycles. The third-order valence-corrected chi connectivity index (χ3v) is 6.09. The summed E-state index contributed by atoms with van der Waals surface area (Å²) >= 11 is 0. The Morgan fingerprint density at radius 3 is 2.32 bits per heavy atom. The molecule has 0 aliphatic rings. The molecule has 0 saturated heterocycles. The maximum absolute atomic E-state index is 12.8. The Kier molecular flexibility index (Phi) is 8.23. The van der Waals surface area contributed by atoms with E-state index in [-0.39, 0.29) is 11.8 Å². The van der Waals surface area contributed by atoms with Crippen molar-refractivity contribution in [3.63, 3.8) is 0 Å². The number of anilines is 1. The number of nitrogens with one attached hydrogen (secondary N) is 1. The predicted molar refractivity (Wildman–Crippen MR) is 151 cm³/mol. The van der Waals surface area contributed by atoms with Crippen molar-refractivity contribution in [2.24, 2.45) is 4.99 Å². The second-order valence-electron chi connectivity index (χ2n) is 9.23. The lowest BCUT2D eigenvalue weighted by Gasteiger charge is -2.24. The molecule has 0 aliphatic heterocycles. The van der Waals surface area contributed by atoms with E-state index in [0.29, 0.717) is 41.1 Å². The molecule has 4 rings (SSSR count). The summed E-state index contributed by atoms with van der Waals surface area (Å²) in [6.07, 6.45) is 0.842. The van der Waals surface area contributed by atoms with Crippen molar-refractivity contribution in [1.82, 2.24) is 9.88 Å². The van der Waals surface area contributed by atoms with Crippen molar-refractivity contribution in [2.75, 3.05) is 39.2 Å². The topological polar surface area (TPSA) is 98.2 Å². The number of H-pyrrole nitrogens is 1. The zero-order chi connectivity index (χ0) is 27.2. The number of benzene rings is 3. The van der Waals surface area contributed by atoms with E-state index in [1.807, 2.05) is 80.5 Å². The number of fused-ring (bicyclic) bond motifs is 1. The molecule has 3 aromatic carbocycles. The van der Waals surface area contributed by atoms with Gasteiger partial charge in [0.05, 0.1) is 36.2 Å². The lowest BCUT2D eigenvalue weighted by molar-refractivity contribution is -0.119. The van der Waals surface area contributed by atoms with E-state index in [0.717, 1.165) is 23.1 Å². The summed E-state index contributed by atoms with van der Waals surface area (Å²) in [6.45, 7) is 3.00. The van der Waals surface area contributed by atoms with Gasteiger partial charge in [-0.05, 0) is 56.9 Å². The van der Waals surface area contributed by atoms with Crippen molar-refractivity contribution in [2.45, 2.75) is 13.3 Å². The van der Waals surface area contributed by atoms with Gasteiger partial charge in [-0.3, -0.25) is 4.79 Å². The Morgan fingerprint density at radius 2 is 1.68 bits per heavy atom. The molecule has 1 amide bonds. The number of carbonyl (C=O) groups is 2. The number of hydrogen-bond acceptors (Lipinski definition) is 6. The van der Waals surface area contributed by atoms with Crippen LogP contribution >= 0.6 is 0 Å². The van der Waals surface area contributed by atoms with Gasteiger partial charge in [0, 0.05) is 28.7 Å². The highest BCUT2D eigenvalue weighted by molar-refractivity contribution is 6.22. The number of aromatic amines is 1. The molecule has 38 heavy (non-hydrogen) atoms. The molecule has 2 N–H and O–H groups in total. The molecule has 0 spiro atoms. The second kappa shape index (κ2) is 11.7. The van der Waals surface area contributed by atoms with Crippen LogP contribution in [0.3, 0.4) is 0 Å². The minimum absolute atomic E-state index is 0.0353. The van der Waals surface area contributed by atoms with Gasteiger partial charge in [0.1, 0.15) is 0 Å². The number of hydrogen-bond donors (Lipinski definition) is 2. The van der Waals surface area contributed by atoms with E-state index in [2.05, 4.69) is 4.98 Å². The minimum Gasteiger partial charge on any atom is -0.494 e. The average Bonchev–Trinajstić information content (AvgIpc) is 3.25. The molecule has 0 unspecified atom stereocenters. The van der Waals surface area contributed by atoms with Gasteiger partial charge in [0.2, 0.25) is 5.91 Å². The van der Waals surface area contributed by atoms with Gasteiger partial charge in [-0.25, -0.2) is 9.79 Å². The third kappa shape index (κ3) is 5.76. The third-order valence-electron chi connectivity index (χ3n) is 6.09. The van der Waals surface area contributed by atoms with Crippen LogP contribution in [0.25, 0.3) is 10.9 Å². The van der Waals surface area contributed by atoms with Gasteiger partial charge in [-0.2, -0.15) is 0 Å². The van der Waals surface area contributed by atoms with Crippen molar-refractivity contribution < 1.29 is 19.4 Å². The zero-order valence-corrected chi connectivity index (χ0v) is 22.1. The Bertz CT molecular complexity index is 1460. The first-order valence-corrected chi connectivity index (χ1v) is 12.4. The number of rotatable bonds is 9. The Morgan fingerprint density at radius 1 is 0.974 bits per heavy atom. The molecule has 0 fully saturated rings. The van der Waals surface area contributed by atoms with E-state index < -0.39 is 5.97 Å². The molecule has 0 aliphatic carbocycles. The maximum atomic E-state index is 12.8. The van der Waals surface area contributed by atoms with Gasteiger partial charge in [0.15, 0.2) is 5.88 Å². The first kappa shape index (κ1) is 26.6. The summed E-state index contributed by atoms with van der Waals surface area (Å²) in [7, 11) is 5.08. The first-order chi connectivity index (χ1) is 18.3. The van der Waals surface area contributed by atoms with E-state index >= 15 is 0 Å². The van der Waals surface area contributed by atoms with Crippen LogP contribution in [0.2, 0.25) is 0 Å². The average molecular weight is 513 g/mol. The summed E-state index contributed by atoms with van der Waals surface area (Å²) in [5.41, 5.74) is 4.37. The number of methoxy groups -OCH3 is 1. The van der Waals surface area contributed by atoms with Gasteiger partial charge < -0.3 is 24.6 Å². The fourth-order valence-corrected chi connectivity index (χ4v) is 4.34. The number of carbonyl (C=O) groups excluding carboxylic acids is 2. The summed E-state index contributed by atoms with van der Waals surface area (Å²) in [6, 6.07) is 22.2. The number of ether oxygens (including phenoxy) is 1. The summed E-state index contributed by atoms with van der Waals surface area (Å²) in [5, 5.41) is 11.7. The molecular formula is C30H32N4O4. The summed E-state index contributed by atoms with van der Waals surface area (Å²) in [5.74, 6) is -0.474. The predicted octanol–water partition coefficient (Wildman–Crippen LogP) is 5.13. The smallest absolute Gasteiger partial charge is 0.337 e. The fourth-order valence-electron chi connectivity index (χ4n) is 4.34. The van der Waals surface area contributed by atoms with E-state index in [4.69, 9.17) is 9.73 Å². The Hall–Kier alpha value is -4.43. The van der Waals surface area contributed by atoms with Crippen molar-refractivity contribution >= 4 is 39.9 Å².